The number of likely N-dealkylation sites (tertiary alicyclic amines) is 1. The molecule has 1 saturated carbocycles. The van der Waals surface area contributed by atoms with Gasteiger partial charge in [0.25, 0.3) is 5.91 Å². The molecular formula is C31H38N8O2. The Labute approximate surface area is 240 Å². The SMILES string of the molecule is N#Cc1c[nH]c2nc(Nc3ccc(C(=O)N4CCC(N5CCOCC5)CC4)c4c3CCCC4)nc(NC3CCC3)c12. The predicted octanol–water partition coefficient (Wildman–Crippen LogP) is 4.35. The van der Waals surface area contributed by atoms with Crippen molar-refractivity contribution in [2.24, 2.45) is 0 Å². The van der Waals surface area contributed by atoms with Crippen LogP contribution in [0, 0.1) is 11.3 Å². The van der Waals surface area contributed by atoms with Crippen LogP contribution in [0.2, 0.25) is 0 Å². The number of ether oxygens (including phenoxy) is 1. The van der Waals surface area contributed by atoms with Gasteiger partial charge in [-0.05, 0) is 81.0 Å². The molecule has 1 aromatic carbocycles. The fraction of sp³-hybridized carbons (Fsp3) is 0.548. The number of hydrogen-bond donors (Lipinski definition) is 3. The molecule has 2 saturated heterocycles. The van der Waals surface area contributed by atoms with Gasteiger partial charge in [-0.2, -0.15) is 15.2 Å². The highest BCUT2D eigenvalue weighted by molar-refractivity contribution is 5.97. The zero-order valence-electron chi connectivity index (χ0n) is 23.5. The number of aromatic nitrogens is 3. The second-order valence-electron chi connectivity index (χ2n) is 11.8. The number of amides is 1. The van der Waals surface area contributed by atoms with Gasteiger partial charge in [0.05, 0.1) is 24.2 Å². The molecule has 7 rings (SSSR count). The minimum Gasteiger partial charge on any atom is -0.379 e. The maximum absolute atomic E-state index is 13.8. The first-order valence-corrected chi connectivity index (χ1v) is 15.3. The van der Waals surface area contributed by atoms with Crippen LogP contribution in [0.5, 0.6) is 0 Å². The van der Waals surface area contributed by atoms with Crippen molar-refractivity contribution in [2.75, 3.05) is 50.0 Å². The maximum Gasteiger partial charge on any atom is 0.254 e. The number of morpholine rings is 1. The molecule has 0 radical (unpaired) electrons. The van der Waals surface area contributed by atoms with Crippen molar-refractivity contribution in [1.82, 2.24) is 24.8 Å². The lowest BCUT2D eigenvalue weighted by molar-refractivity contribution is 0.00157. The minimum atomic E-state index is 0.162. The van der Waals surface area contributed by atoms with E-state index in [1.165, 1.54) is 17.5 Å². The number of carbonyl (C=O) groups excluding carboxylic acids is 1. The van der Waals surface area contributed by atoms with Crippen LogP contribution >= 0.6 is 0 Å². The largest absolute Gasteiger partial charge is 0.379 e. The highest BCUT2D eigenvalue weighted by atomic mass is 16.5. The van der Waals surface area contributed by atoms with E-state index in [2.05, 4.69) is 31.5 Å². The fourth-order valence-corrected chi connectivity index (χ4v) is 6.88. The number of hydrogen-bond acceptors (Lipinski definition) is 8. The van der Waals surface area contributed by atoms with E-state index >= 15 is 0 Å². The van der Waals surface area contributed by atoms with Crippen LogP contribution in [0.4, 0.5) is 17.5 Å². The van der Waals surface area contributed by atoms with Gasteiger partial charge in [0.1, 0.15) is 17.5 Å². The average molecular weight is 555 g/mol. The van der Waals surface area contributed by atoms with E-state index in [-0.39, 0.29) is 5.91 Å². The third-order valence-corrected chi connectivity index (χ3v) is 9.42. The lowest BCUT2D eigenvalue weighted by Gasteiger charge is -2.40. The topological polar surface area (TPSA) is 122 Å². The van der Waals surface area contributed by atoms with Gasteiger partial charge in [0.15, 0.2) is 0 Å². The summed E-state index contributed by atoms with van der Waals surface area (Å²) in [5.41, 5.74) is 5.36. The molecule has 41 heavy (non-hydrogen) atoms. The van der Waals surface area contributed by atoms with Crippen LogP contribution in [-0.2, 0) is 17.6 Å². The van der Waals surface area contributed by atoms with E-state index in [4.69, 9.17) is 14.7 Å². The predicted molar refractivity (Wildman–Crippen MR) is 158 cm³/mol. The number of nitriles is 1. The minimum absolute atomic E-state index is 0.162. The van der Waals surface area contributed by atoms with Gasteiger partial charge < -0.3 is 25.3 Å². The number of H-pyrrole nitrogens is 1. The summed E-state index contributed by atoms with van der Waals surface area (Å²) in [5.74, 6) is 1.35. The molecule has 2 aliphatic carbocycles. The van der Waals surface area contributed by atoms with Crippen molar-refractivity contribution < 1.29 is 9.53 Å². The summed E-state index contributed by atoms with van der Waals surface area (Å²) >= 11 is 0. The van der Waals surface area contributed by atoms with Crippen LogP contribution in [-0.4, -0.2) is 82.1 Å². The number of aromatic amines is 1. The van der Waals surface area contributed by atoms with Gasteiger partial charge in [0.2, 0.25) is 5.95 Å². The van der Waals surface area contributed by atoms with Gasteiger partial charge in [0, 0.05) is 55.7 Å². The lowest BCUT2D eigenvalue weighted by atomic mass is 9.86. The van der Waals surface area contributed by atoms with Crippen LogP contribution in [0.3, 0.4) is 0 Å². The smallest absolute Gasteiger partial charge is 0.254 e. The standard InChI is InChI=1S/C31H38N8O2/c32-18-20-19-33-28-27(20)29(34-21-4-3-5-21)37-31(36-28)35-26-9-8-25(23-6-1-2-7-24(23)26)30(40)39-12-10-22(11-13-39)38-14-16-41-17-15-38/h8-9,19,21-22H,1-7,10-17H2,(H3,33,34,35,36,37). The molecule has 4 aliphatic rings. The summed E-state index contributed by atoms with van der Waals surface area (Å²) in [6, 6.07) is 7.21. The molecule has 3 aromatic rings. The number of carbonyl (C=O) groups is 1. The van der Waals surface area contributed by atoms with E-state index < -0.39 is 0 Å². The second-order valence-corrected chi connectivity index (χ2v) is 11.8. The number of fused-ring (bicyclic) bond motifs is 2. The first-order chi connectivity index (χ1) is 20.2. The molecule has 10 heteroatoms. The molecule has 4 heterocycles. The Bertz CT molecular complexity index is 1480. The van der Waals surface area contributed by atoms with Gasteiger partial charge in [-0.3, -0.25) is 9.69 Å². The maximum atomic E-state index is 13.8. The van der Waals surface area contributed by atoms with Crippen LogP contribution < -0.4 is 10.6 Å². The Balaban J connectivity index is 1.13. The molecule has 0 bridgehead atoms. The van der Waals surface area contributed by atoms with E-state index in [9.17, 15) is 10.1 Å². The number of rotatable bonds is 6. The summed E-state index contributed by atoms with van der Waals surface area (Å²) in [5, 5.41) is 17.4. The van der Waals surface area contributed by atoms with Gasteiger partial charge in [-0.25, -0.2) is 0 Å². The highest BCUT2D eigenvalue weighted by Gasteiger charge is 2.30. The molecule has 0 spiro atoms. The Hall–Kier alpha value is -3.68. The molecular weight excluding hydrogens is 516 g/mol. The molecule has 1 amide bonds. The lowest BCUT2D eigenvalue weighted by Crippen LogP contribution is -2.50. The highest BCUT2D eigenvalue weighted by Crippen LogP contribution is 2.35. The van der Waals surface area contributed by atoms with Crippen LogP contribution in [0.15, 0.2) is 18.3 Å². The monoisotopic (exact) mass is 554 g/mol. The van der Waals surface area contributed by atoms with Gasteiger partial charge in [-0.15, -0.1) is 0 Å². The Morgan fingerprint density at radius 3 is 2.51 bits per heavy atom. The van der Waals surface area contributed by atoms with Crippen molar-refractivity contribution in [1.29, 1.82) is 5.26 Å². The van der Waals surface area contributed by atoms with E-state index in [1.54, 1.807) is 6.20 Å². The first-order valence-electron chi connectivity index (χ1n) is 15.3. The quantitative estimate of drug-likeness (QED) is 0.411. The number of nitrogens with zero attached hydrogens (tertiary/aromatic N) is 5. The Kier molecular flexibility index (Phi) is 7.23. The summed E-state index contributed by atoms with van der Waals surface area (Å²) in [6.45, 7) is 5.24. The fourth-order valence-electron chi connectivity index (χ4n) is 6.88. The number of piperidine rings is 1. The molecule has 3 fully saturated rings. The van der Waals surface area contributed by atoms with Crippen molar-refractivity contribution >= 4 is 34.4 Å². The van der Waals surface area contributed by atoms with E-state index in [0.717, 1.165) is 107 Å². The first kappa shape index (κ1) is 26.2. The molecule has 0 unspecified atom stereocenters. The normalized spacial score (nSPS) is 20.3. The third kappa shape index (κ3) is 5.13. The Morgan fingerprint density at radius 2 is 1.78 bits per heavy atom. The van der Waals surface area contributed by atoms with Crippen molar-refractivity contribution in [3.8, 4) is 6.07 Å². The van der Waals surface area contributed by atoms with Gasteiger partial charge in [-0.1, -0.05) is 0 Å². The van der Waals surface area contributed by atoms with E-state index in [0.29, 0.717) is 35.1 Å². The summed E-state index contributed by atoms with van der Waals surface area (Å²) in [7, 11) is 0. The molecule has 2 aromatic heterocycles. The third-order valence-electron chi connectivity index (χ3n) is 9.42. The molecule has 3 N–H and O–H groups in total. The summed E-state index contributed by atoms with van der Waals surface area (Å²) in [6.07, 6.45) is 11.2. The molecule has 10 nitrogen and oxygen atoms in total. The zero-order chi connectivity index (χ0) is 27.8. The Morgan fingerprint density at radius 1 is 1.00 bits per heavy atom. The van der Waals surface area contributed by atoms with Gasteiger partial charge >= 0.3 is 0 Å². The number of nitrogens with one attached hydrogen (secondary N) is 3. The van der Waals surface area contributed by atoms with Crippen molar-refractivity contribution in [3.63, 3.8) is 0 Å². The summed E-state index contributed by atoms with van der Waals surface area (Å²) in [4.78, 5) is 31.1. The van der Waals surface area contributed by atoms with Crippen molar-refractivity contribution in [2.45, 2.75) is 69.9 Å². The van der Waals surface area contributed by atoms with Crippen molar-refractivity contribution in [3.05, 3.63) is 40.6 Å². The number of anilines is 3. The second kappa shape index (κ2) is 11.3. The molecule has 214 valence electrons. The van der Waals surface area contributed by atoms with E-state index in [1.807, 2.05) is 12.1 Å². The number of benzene rings is 1. The average Bonchev–Trinajstić information content (AvgIpc) is 3.43. The van der Waals surface area contributed by atoms with Crippen LogP contribution in [0.1, 0.15) is 72.0 Å². The molecule has 2 aliphatic heterocycles. The van der Waals surface area contributed by atoms with Crippen LogP contribution in [0.25, 0.3) is 11.0 Å². The zero-order valence-corrected chi connectivity index (χ0v) is 23.5. The summed E-state index contributed by atoms with van der Waals surface area (Å²) < 4.78 is 5.52. The molecule has 0 atom stereocenters.